The number of hydrogen-bond acceptors (Lipinski definition) is 4. The van der Waals surface area contributed by atoms with E-state index >= 15 is 0 Å². The van der Waals surface area contributed by atoms with Crippen molar-refractivity contribution >= 4 is 22.6 Å². The molecule has 1 aromatic carbocycles. The number of benzene rings is 1. The fraction of sp³-hybridized carbons (Fsp3) is 0.100. The first-order valence-corrected chi connectivity index (χ1v) is 4.49. The monoisotopic (exact) mass is 226 g/mol. The first kappa shape index (κ1) is 9.86. The van der Waals surface area contributed by atoms with E-state index in [0.29, 0.717) is 0 Å². The molecule has 0 aliphatic heterocycles. The highest BCUT2D eigenvalue weighted by molar-refractivity contribution is 6.30. The predicted molar refractivity (Wildman–Crippen MR) is 55.7 cm³/mol. The van der Waals surface area contributed by atoms with Crippen LogP contribution >= 0.6 is 11.6 Å². The molecule has 1 N–H and O–H groups in total. The average molecular weight is 227 g/mol. The molecule has 2 aromatic rings. The van der Waals surface area contributed by atoms with Crippen molar-refractivity contribution in [2.75, 3.05) is 7.11 Å². The van der Waals surface area contributed by atoms with Gasteiger partial charge in [-0.25, -0.2) is 0 Å². The Morgan fingerprint density at radius 3 is 2.87 bits per heavy atom. The molecule has 0 amide bonds. The Bertz CT molecular complexity index is 573. The number of rotatable bonds is 1. The molecule has 4 nitrogen and oxygen atoms in total. The van der Waals surface area contributed by atoms with Gasteiger partial charge in [0, 0.05) is 6.07 Å². The molecule has 2 rings (SSSR count). The third kappa shape index (κ3) is 1.53. The second-order valence-corrected chi connectivity index (χ2v) is 3.34. The van der Waals surface area contributed by atoms with Gasteiger partial charge in [-0.1, -0.05) is 11.6 Å². The van der Waals surface area contributed by atoms with Gasteiger partial charge >= 0.3 is 0 Å². The molecule has 1 heterocycles. The van der Waals surface area contributed by atoms with Gasteiger partial charge in [0.2, 0.25) is 5.43 Å². The molecular formula is C10H7ClO4. The van der Waals surface area contributed by atoms with Crippen LogP contribution in [0.1, 0.15) is 0 Å². The second-order valence-electron chi connectivity index (χ2n) is 2.93. The quantitative estimate of drug-likeness (QED) is 0.810. The van der Waals surface area contributed by atoms with E-state index in [4.69, 9.17) is 20.8 Å². The predicted octanol–water partition coefficient (Wildman–Crippen LogP) is 2.16. The van der Waals surface area contributed by atoms with E-state index in [1.54, 1.807) is 0 Å². The summed E-state index contributed by atoms with van der Waals surface area (Å²) in [5, 5.41) is 9.72. The Balaban J connectivity index is 2.89. The van der Waals surface area contributed by atoms with E-state index in [1.807, 2.05) is 0 Å². The number of aromatic hydroxyl groups is 1. The minimum Gasteiger partial charge on any atom is -0.504 e. The van der Waals surface area contributed by atoms with Gasteiger partial charge in [0.05, 0.1) is 12.5 Å². The Kier molecular flexibility index (Phi) is 2.28. The van der Waals surface area contributed by atoms with Crippen LogP contribution in [0.15, 0.2) is 27.6 Å². The third-order valence-corrected chi connectivity index (χ3v) is 2.29. The van der Waals surface area contributed by atoms with Crippen LogP contribution in [0.2, 0.25) is 5.02 Å². The zero-order chi connectivity index (χ0) is 11.0. The smallest absolute Gasteiger partial charge is 0.211 e. The van der Waals surface area contributed by atoms with E-state index in [9.17, 15) is 9.90 Å². The highest BCUT2D eigenvalue weighted by atomic mass is 35.5. The van der Waals surface area contributed by atoms with Crippen LogP contribution in [0, 0.1) is 0 Å². The molecule has 0 spiro atoms. The van der Waals surface area contributed by atoms with Gasteiger partial charge in [-0.2, -0.15) is 0 Å². The first-order valence-electron chi connectivity index (χ1n) is 4.11. The van der Waals surface area contributed by atoms with Crippen molar-refractivity contribution in [3.05, 3.63) is 33.6 Å². The highest BCUT2D eigenvalue weighted by Gasteiger charge is 2.10. The summed E-state index contributed by atoms with van der Waals surface area (Å²) in [6.45, 7) is 0. The molecule has 0 fully saturated rings. The van der Waals surface area contributed by atoms with E-state index < -0.39 is 0 Å². The maximum atomic E-state index is 11.6. The minimum atomic E-state index is -0.351. The lowest BCUT2D eigenvalue weighted by molar-refractivity contribution is 0.373. The van der Waals surface area contributed by atoms with Crippen LogP contribution in [0.4, 0.5) is 0 Å². The van der Waals surface area contributed by atoms with E-state index in [0.717, 1.165) is 6.26 Å². The van der Waals surface area contributed by atoms with E-state index in [2.05, 4.69) is 0 Å². The molecule has 0 atom stereocenters. The number of phenols is 1. The molecule has 0 saturated carbocycles. The number of methoxy groups -OCH3 is 1. The summed E-state index contributed by atoms with van der Waals surface area (Å²) in [5.41, 5.74) is -0.0843. The molecule has 0 bridgehead atoms. The first-order chi connectivity index (χ1) is 7.13. The summed E-state index contributed by atoms with van der Waals surface area (Å²) in [5.74, 6) is 0.118. The Morgan fingerprint density at radius 1 is 1.47 bits per heavy atom. The number of phenolic OH excluding ortho intramolecular Hbond substituents is 1. The van der Waals surface area contributed by atoms with E-state index in [-0.39, 0.29) is 32.9 Å². The molecule has 0 saturated heterocycles. The second kappa shape index (κ2) is 3.47. The summed E-state index contributed by atoms with van der Waals surface area (Å²) < 4.78 is 9.93. The zero-order valence-corrected chi connectivity index (χ0v) is 8.54. The van der Waals surface area contributed by atoms with E-state index in [1.165, 1.54) is 19.2 Å². The van der Waals surface area contributed by atoms with Crippen LogP contribution in [0.3, 0.4) is 0 Å². The third-order valence-electron chi connectivity index (χ3n) is 2.03. The van der Waals surface area contributed by atoms with Gasteiger partial charge in [-0.15, -0.1) is 0 Å². The largest absolute Gasteiger partial charge is 0.504 e. The summed E-state index contributed by atoms with van der Waals surface area (Å²) >= 11 is 5.61. The van der Waals surface area contributed by atoms with Crippen LogP contribution in [-0.2, 0) is 0 Å². The summed E-state index contributed by atoms with van der Waals surface area (Å²) in [6.07, 6.45) is 1.14. The fourth-order valence-corrected chi connectivity index (χ4v) is 1.43. The molecule has 5 heteroatoms. The van der Waals surface area contributed by atoms with Crippen LogP contribution in [0.25, 0.3) is 11.0 Å². The van der Waals surface area contributed by atoms with Gasteiger partial charge in [0.15, 0.2) is 11.5 Å². The topological polar surface area (TPSA) is 59.7 Å². The van der Waals surface area contributed by atoms with Gasteiger partial charge in [-0.05, 0) is 6.07 Å². The standard InChI is InChI=1S/C10H7ClO4/c1-14-9-2-5-8(3-7(9)12)15-4-6(11)10(5)13/h2-4,12H,1H3. The van der Waals surface area contributed by atoms with Gasteiger partial charge in [0.25, 0.3) is 0 Å². The highest BCUT2D eigenvalue weighted by Crippen LogP contribution is 2.30. The summed E-state index contributed by atoms with van der Waals surface area (Å²) in [6, 6.07) is 2.70. The number of halogens is 1. The molecule has 15 heavy (non-hydrogen) atoms. The van der Waals surface area contributed by atoms with Crippen LogP contribution in [0.5, 0.6) is 11.5 Å². The van der Waals surface area contributed by atoms with Crippen molar-refractivity contribution in [1.29, 1.82) is 0 Å². The van der Waals surface area contributed by atoms with Crippen LogP contribution < -0.4 is 10.2 Å². The lowest BCUT2D eigenvalue weighted by Gasteiger charge is -2.04. The van der Waals surface area contributed by atoms with Crippen molar-refractivity contribution in [2.24, 2.45) is 0 Å². The average Bonchev–Trinajstić information content (AvgIpc) is 2.23. The Labute approximate surface area is 89.7 Å². The summed E-state index contributed by atoms with van der Waals surface area (Å²) in [7, 11) is 1.40. The van der Waals surface area contributed by atoms with Crippen molar-refractivity contribution in [3.8, 4) is 11.5 Å². The molecule has 78 valence electrons. The SMILES string of the molecule is COc1cc2c(=O)c(Cl)coc2cc1O. The number of fused-ring (bicyclic) bond motifs is 1. The molecule has 0 aliphatic carbocycles. The zero-order valence-electron chi connectivity index (χ0n) is 7.78. The van der Waals surface area contributed by atoms with Crippen molar-refractivity contribution in [3.63, 3.8) is 0 Å². The molecule has 1 aromatic heterocycles. The van der Waals surface area contributed by atoms with Crippen molar-refractivity contribution < 1.29 is 14.3 Å². The van der Waals surface area contributed by atoms with Gasteiger partial charge in [-0.3, -0.25) is 4.79 Å². The van der Waals surface area contributed by atoms with Crippen LogP contribution in [-0.4, -0.2) is 12.2 Å². The minimum absolute atomic E-state index is 0.00440. The lowest BCUT2D eigenvalue weighted by atomic mass is 10.2. The summed E-state index contributed by atoms with van der Waals surface area (Å²) in [4.78, 5) is 11.6. The lowest BCUT2D eigenvalue weighted by Crippen LogP contribution is -2.01. The molecular weight excluding hydrogens is 220 g/mol. The Morgan fingerprint density at radius 2 is 2.20 bits per heavy atom. The normalized spacial score (nSPS) is 10.5. The number of ether oxygens (including phenoxy) is 1. The molecule has 0 radical (unpaired) electrons. The van der Waals surface area contributed by atoms with Gasteiger partial charge in [0.1, 0.15) is 16.9 Å². The Hall–Kier alpha value is -1.68. The molecule has 0 unspecified atom stereocenters. The maximum Gasteiger partial charge on any atom is 0.211 e. The maximum absolute atomic E-state index is 11.6. The van der Waals surface area contributed by atoms with Crippen molar-refractivity contribution in [1.82, 2.24) is 0 Å². The molecule has 0 aliphatic rings. The fourth-order valence-electron chi connectivity index (χ4n) is 1.29. The van der Waals surface area contributed by atoms with Gasteiger partial charge < -0.3 is 14.3 Å². The number of hydrogen-bond donors (Lipinski definition) is 1. The van der Waals surface area contributed by atoms with Crippen molar-refractivity contribution in [2.45, 2.75) is 0 Å².